The Morgan fingerprint density at radius 3 is 2.54 bits per heavy atom. The van der Waals surface area contributed by atoms with Crippen LogP contribution >= 0.6 is 0 Å². The van der Waals surface area contributed by atoms with Gasteiger partial charge in [-0.2, -0.15) is 0 Å². The van der Waals surface area contributed by atoms with E-state index in [4.69, 9.17) is 5.11 Å². The summed E-state index contributed by atoms with van der Waals surface area (Å²) in [4.78, 5) is 4.68. The average Bonchev–Trinajstić information content (AvgIpc) is 2.64. The van der Waals surface area contributed by atoms with Gasteiger partial charge in [0, 0.05) is 18.7 Å². The minimum absolute atomic E-state index is 0.135. The number of phenols is 1. The quantitative estimate of drug-likeness (QED) is 0.573. The number of anilines is 1. The first-order valence-electron chi connectivity index (χ1n) is 8.81. The van der Waals surface area contributed by atoms with E-state index in [1.807, 2.05) is 43.3 Å². The van der Waals surface area contributed by atoms with Gasteiger partial charge in [0.05, 0.1) is 5.69 Å². The SMILES string of the molecule is Cc1ccc(O)c(-c2cc(-c3ccccc3C)cc(NCCCO)n2)c1. The standard InChI is InChI=1S/C22H24N2O2/c1-15-8-9-21(26)19(12-15)20-13-17(18-7-4-3-6-16(18)2)14-22(24-20)23-10-5-11-25/h3-4,6-9,12-14,25-26H,5,10-11H2,1-2H3,(H,23,24). The summed E-state index contributed by atoms with van der Waals surface area (Å²) in [6.07, 6.45) is 0.654. The zero-order chi connectivity index (χ0) is 18.5. The number of aromatic hydroxyl groups is 1. The third-order valence-electron chi connectivity index (χ3n) is 4.35. The van der Waals surface area contributed by atoms with Gasteiger partial charge in [0.15, 0.2) is 0 Å². The van der Waals surface area contributed by atoms with E-state index in [0.29, 0.717) is 18.5 Å². The van der Waals surface area contributed by atoms with Crippen LogP contribution in [0.4, 0.5) is 5.82 Å². The molecule has 4 heteroatoms. The summed E-state index contributed by atoms with van der Waals surface area (Å²) in [5.41, 5.74) is 5.85. The van der Waals surface area contributed by atoms with Crippen molar-refractivity contribution in [2.75, 3.05) is 18.5 Å². The Hall–Kier alpha value is -2.85. The molecule has 1 aromatic heterocycles. The number of rotatable bonds is 6. The Balaban J connectivity index is 2.11. The Kier molecular flexibility index (Phi) is 5.54. The van der Waals surface area contributed by atoms with Crippen LogP contribution in [-0.4, -0.2) is 28.3 Å². The van der Waals surface area contributed by atoms with Crippen LogP contribution in [0, 0.1) is 13.8 Å². The van der Waals surface area contributed by atoms with Crippen molar-refractivity contribution in [3.63, 3.8) is 0 Å². The third-order valence-corrected chi connectivity index (χ3v) is 4.35. The summed E-state index contributed by atoms with van der Waals surface area (Å²) in [5.74, 6) is 0.946. The minimum Gasteiger partial charge on any atom is -0.507 e. The molecule has 0 fully saturated rings. The second-order valence-electron chi connectivity index (χ2n) is 6.47. The lowest BCUT2D eigenvalue weighted by Gasteiger charge is -2.13. The first kappa shape index (κ1) is 18.0. The van der Waals surface area contributed by atoms with Crippen molar-refractivity contribution in [1.82, 2.24) is 4.98 Å². The molecule has 3 rings (SSSR count). The summed E-state index contributed by atoms with van der Waals surface area (Å²) in [5, 5.41) is 22.6. The highest BCUT2D eigenvalue weighted by Crippen LogP contribution is 2.34. The molecule has 0 saturated heterocycles. The number of nitrogens with one attached hydrogen (secondary N) is 1. The van der Waals surface area contributed by atoms with Gasteiger partial charge in [0.25, 0.3) is 0 Å². The summed E-state index contributed by atoms with van der Waals surface area (Å²) in [6, 6.07) is 17.7. The third kappa shape index (κ3) is 4.03. The van der Waals surface area contributed by atoms with Crippen LogP contribution in [-0.2, 0) is 0 Å². The molecular formula is C22H24N2O2. The van der Waals surface area contributed by atoms with Crippen molar-refractivity contribution in [1.29, 1.82) is 0 Å². The molecule has 26 heavy (non-hydrogen) atoms. The van der Waals surface area contributed by atoms with E-state index in [2.05, 4.69) is 29.4 Å². The van der Waals surface area contributed by atoms with Gasteiger partial charge in [-0.3, -0.25) is 0 Å². The maximum Gasteiger partial charge on any atom is 0.127 e. The van der Waals surface area contributed by atoms with E-state index >= 15 is 0 Å². The first-order chi connectivity index (χ1) is 12.6. The molecule has 0 aliphatic rings. The molecule has 0 atom stereocenters. The second-order valence-corrected chi connectivity index (χ2v) is 6.47. The Bertz CT molecular complexity index is 906. The van der Waals surface area contributed by atoms with Crippen LogP contribution < -0.4 is 5.32 Å². The number of hydrogen-bond donors (Lipinski definition) is 3. The van der Waals surface area contributed by atoms with E-state index in [1.165, 1.54) is 5.56 Å². The van der Waals surface area contributed by atoms with Crippen molar-refractivity contribution in [2.24, 2.45) is 0 Å². The lowest BCUT2D eigenvalue weighted by atomic mass is 9.98. The number of aliphatic hydroxyl groups is 1. The molecule has 0 saturated carbocycles. The van der Waals surface area contributed by atoms with Gasteiger partial charge in [0.2, 0.25) is 0 Å². The predicted molar refractivity (Wildman–Crippen MR) is 106 cm³/mol. The lowest BCUT2D eigenvalue weighted by molar-refractivity contribution is 0.292. The van der Waals surface area contributed by atoms with Crippen molar-refractivity contribution in [3.05, 3.63) is 65.7 Å². The fourth-order valence-corrected chi connectivity index (χ4v) is 2.96. The number of nitrogens with zero attached hydrogens (tertiary/aromatic N) is 1. The highest BCUT2D eigenvalue weighted by atomic mass is 16.3. The number of phenolic OH excluding ortho intramolecular Hbond substituents is 1. The first-order valence-corrected chi connectivity index (χ1v) is 8.81. The number of hydrogen-bond acceptors (Lipinski definition) is 4. The van der Waals surface area contributed by atoms with Gasteiger partial charge in [-0.15, -0.1) is 0 Å². The number of aliphatic hydroxyl groups excluding tert-OH is 1. The molecule has 0 radical (unpaired) electrons. The van der Waals surface area contributed by atoms with E-state index in [9.17, 15) is 5.11 Å². The van der Waals surface area contributed by atoms with Crippen molar-refractivity contribution >= 4 is 5.82 Å². The van der Waals surface area contributed by atoms with Gasteiger partial charge < -0.3 is 15.5 Å². The van der Waals surface area contributed by atoms with Gasteiger partial charge in [-0.05, 0) is 61.2 Å². The molecule has 4 nitrogen and oxygen atoms in total. The highest BCUT2D eigenvalue weighted by molar-refractivity contribution is 5.77. The second kappa shape index (κ2) is 8.02. The molecule has 0 spiro atoms. The fraction of sp³-hybridized carbons (Fsp3) is 0.227. The number of aromatic nitrogens is 1. The van der Waals surface area contributed by atoms with Gasteiger partial charge in [0.1, 0.15) is 11.6 Å². The lowest BCUT2D eigenvalue weighted by Crippen LogP contribution is -2.06. The molecule has 3 N–H and O–H groups in total. The Morgan fingerprint density at radius 2 is 1.77 bits per heavy atom. The molecule has 0 amide bonds. The Morgan fingerprint density at radius 1 is 0.962 bits per heavy atom. The van der Waals surface area contributed by atoms with Gasteiger partial charge >= 0.3 is 0 Å². The van der Waals surface area contributed by atoms with Crippen molar-refractivity contribution < 1.29 is 10.2 Å². The molecule has 0 unspecified atom stereocenters. The fourth-order valence-electron chi connectivity index (χ4n) is 2.96. The molecule has 134 valence electrons. The maximum absolute atomic E-state index is 10.3. The van der Waals surface area contributed by atoms with E-state index < -0.39 is 0 Å². The van der Waals surface area contributed by atoms with Crippen molar-refractivity contribution in [2.45, 2.75) is 20.3 Å². The van der Waals surface area contributed by atoms with Gasteiger partial charge in [-0.25, -0.2) is 4.98 Å². The molecule has 3 aromatic rings. The van der Waals surface area contributed by atoms with E-state index in [0.717, 1.165) is 28.2 Å². The number of benzene rings is 2. The van der Waals surface area contributed by atoms with Crippen LogP contribution in [0.5, 0.6) is 5.75 Å². The average molecular weight is 348 g/mol. The topological polar surface area (TPSA) is 65.4 Å². The number of aryl methyl sites for hydroxylation is 2. The summed E-state index contributed by atoms with van der Waals surface area (Å²) < 4.78 is 0. The summed E-state index contributed by atoms with van der Waals surface area (Å²) in [7, 11) is 0. The molecule has 2 aromatic carbocycles. The zero-order valence-corrected chi connectivity index (χ0v) is 15.2. The molecule has 0 aliphatic heterocycles. The highest BCUT2D eigenvalue weighted by Gasteiger charge is 2.11. The molecule has 0 aliphatic carbocycles. The Labute approximate surface area is 154 Å². The monoisotopic (exact) mass is 348 g/mol. The van der Waals surface area contributed by atoms with Gasteiger partial charge in [-0.1, -0.05) is 35.9 Å². The maximum atomic E-state index is 10.3. The van der Waals surface area contributed by atoms with Crippen LogP contribution in [0.1, 0.15) is 17.5 Å². The largest absolute Gasteiger partial charge is 0.507 e. The van der Waals surface area contributed by atoms with Crippen LogP contribution in [0.15, 0.2) is 54.6 Å². The van der Waals surface area contributed by atoms with Crippen LogP contribution in [0.2, 0.25) is 0 Å². The molecule has 0 bridgehead atoms. The molecule has 1 heterocycles. The van der Waals surface area contributed by atoms with Crippen molar-refractivity contribution in [3.8, 4) is 28.1 Å². The number of pyridine rings is 1. The zero-order valence-electron chi connectivity index (χ0n) is 15.2. The normalized spacial score (nSPS) is 10.7. The van der Waals surface area contributed by atoms with E-state index in [1.54, 1.807) is 6.07 Å². The van der Waals surface area contributed by atoms with Crippen LogP contribution in [0.3, 0.4) is 0 Å². The summed E-state index contributed by atoms with van der Waals surface area (Å²) >= 11 is 0. The predicted octanol–water partition coefficient (Wildman–Crippen LogP) is 4.53. The van der Waals surface area contributed by atoms with E-state index in [-0.39, 0.29) is 12.4 Å². The minimum atomic E-state index is 0.135. The van der Waals surface area contributed by atoms with Crippen LogP contribution in [0.25, 0.3) is 22.4 Å². The summed E-state index contributed by atoms with van der Waals surface area (Å²) in [6.45, 7) is 4.85. The smallest absolute Gasteiger partial charge is 0.127 e. The molecular weight excluding hydrogens is 324 g/mol.